The average molecular weight is 240 g/mol. The quantitative estimate of drug-likeness (QED) is 0.566. The second-order valence-electron chi connectivity index (χ2n) is 3.54. The molecule has 6 nitrogen and oxygen atoms in total. The molecule has 0 aliphatic heterocycles. The molecule has 0 spiro atoms. The van der Waals surface area contributed by atoms with E-state index in [4.69, 9.17) is 15.3 Å². The molecule has 92 valence electrons. The molecule has 0 bridgehead atoms. The zero-order valence-corrected chi connectivity index (χ0v) is 8.78. The summed E-state index contributed by atoms with van der Waals surface area (Å²) in [5.74, 6) is -2.57. The molecule has 6 heteroatoms. The van der Waals surface area contributed by atoms with Crippen molar-refractivity contribution in [2.45, 2.75) is 18.6 Å². The summed E-state index contributed by atoms with van der Waals surface area (Å²) in [6, 6.07) is 5.80. The van der Waals surface area contributed by atoms with E-state index < -0.39 is 24.1 Å². The molecule has 0 saturated heterocycles. The van der Waals surface area contributed by atoms with E-state index in [1.54, 1.807) is 0 Å². The first-order valence-electron chi connectivity index (χ1n) is 4.81. The molecular formula is C11H12O6. The van der Waals surface area contributed by atoms with E-state index in [0.717, 1.165) is 0 Å². The van der Waals surface area contributed by atoms with E-state index in [9.17, 15) is 14.7 Å². The zero-order chi connectivity index (χ0) is 13.0. The van der Waals surface area contributed by atoms with Gasteiger partial charge in [-0.3, -0.25) is 4.79 Å². The van der Waals surface area contributed by atoms with E-state index in [-0.39, 0.29) is 12.0 Å². The summed E-state index contributed by atoms with van der Waals surface area (Å²) in [7, 11) is 0. The monoisotopic (exact) mass is 240 g/mol. The van der Waals surface area contributed by atoms with Gasteiger partial charge in [0.15, 0.2) is 6.10 Å². The average Bonchev–Trinajstić information content (AvgIpc) is 2.26. The molecule has 0 fully saturated rings. The van der Waals surface area contributed by atoms with Crippen LogP contribution in [0.1, 0.15) is 17.2 Å². The van der Waals surface area contributed by atoms with Gasteiger partial charge < -0.3 is 20.4 Å². The minimum Gasteiger partial charge on any atom is -0.481 e. The largest absolute Gasteiger partial charge is 0.481 e. The minimum absolute atomic E-state index is 0.165. The molecule has 1 aromatic carbocycles. The maximum absolute atomic E-state index is 10.5. The zero-order valence-electron chi connectivity index (χ0n) is 8.78. The van der Waals surface area contributed by atoms with Crippen molar-refractivity contribution < 1.29 is 30.0 Å². The predicted molar refractivity (Wildman–Crippen MR) is 56.4 cm³/mol. The third-order valence-corrected chi connectivity index (χ3v) is 2.20. The van der Waals surface area contributed by atoms with Crippen LogP contribution in [0.4, 0.5) is 0 Å². The van der Waals surface area contributed by atoms with E-state index in [1.807, 2.05) is 0 Å². The number of carboxylic acid groups (broad SMARTS) is 2. The van der Waals surface area contributed by atoms with Gasteiger partial charge in [0, 0.05) is 0 Å². The summed E-state index contributed by atoms with van der Waals surface area (Å²) in [4.78, 5) is 21.0. The van der Waals surface area contributed by atoms with Crippen LogP contribution < -0.4 is 0 Å². The van der Waals surface area contributed by atoms with Crippen molar-refractivity contribution in [2.75, 3.05) is 0 Å². The number of carboxylic acids is 2. The Labute approximate surface area is 96.8 Å². The molecule has 0 heterocycles. The third kappa shape index (κ3) is 3.54. The number of rotatable bonds is 5. The molecule has 4 N–H and O–H groups in total. The molecule has 1 aromatic rings. The molecule has 17 heavy (non-hydrogen) atoms. The Bertz CT molecular complexity index is 428. The SMILES string of the molecule is O=C(O)Cc1cccc(C(O)C(O)C(=O)O)c1. The standard InChI is InChI=1S/C11H12O6/c12-8(13)5-6-2-1-3-7(4-6)9(14)10(15)11(16)17/h1-4,9-10,14-15H,5H2,(H,12,13)(H,16,17). The van der Waals surface area contributed by atoms with Gasteiger partial charge in [0.2, 0.25) is 0 Å². The van der Waals surface area contributed by atoms with Gasteiger partial charge in [-0.2, -0.15) is 0 Å². The van der Waals surface area contributed by atoms with Crippen molar-refractivity contribution in [3.8, 4) is 0 Å². The first-order valence-corrected chi connectivity index (χ1v) is 4.81. The van der Waals surface area contributed by atoms with Crippen molar-refractivity contribution in [1.82, 2.24) is 0 Å². The molecular weight excluding hydrogens is 228 g/mol. The van der Waals surface area contributed by atoms with Crippen molar-refractivity contribution >= 4 is 11.9 Å². The normalized spacial score (nSPS) is 14.0. The Hall–Kier alpha value is -1.92. The van der Waals surface area contributed by atoms with Gasteiger partial charge in [0.05, 0.1) is 6.42 Å². The Kier molecular flexibility index (Phi) is 4.19. The maximum atomic E-state index is 10.5. The Morgan fingerprint density at radius 3 is 2.35 bits per heavy atom. The summed E-state index contributed by atoms with van der Waals surface area (Å²) in [6.07, 6.45) is -3.75. The molecule has 2 unspecified atom stereocenters. The number of hydrogen-bond donors (Lipinski definition) is 4. The van der Waals surface area contributed by atoms with Crippen molar-refractivity contribution in [3.05, 3.63) is 35.4 Å². The van der Waals surface area contributed by atoms with Crippen molar-refractivity contribution in [2.24, 2.45) is 0 Å². The molecule has 0 aliphatic rings. The second kappa shape index (κ2) is 5.42. The predicted octanol–water partition coefficient (Wildman–Crippen LogP) is -0.207. The highest BCUT2D eigenvalue weighted by molar-refractivity contribution is 5.73. The highest BCUT2D eigenvalue weighted by Crippen LogP contribution is 2.18. The van der Waals surface area contributed by atoms with Crippen LogP contribution in [0.15, 0.2) is 24.3 Å². The number of benzene rings is 1. The van der Waals surface area contributed by atoms with E-state index in [0.29, 0.717) is 5.56 Å². The smallest absolute Gasteiger partial charge is 0.335 e. The van der Waals surface area contributed by atoms with Gasteiger partial charge in [0.25, 0.3) is 0 Å². The lowest BCUT2D eigenvalue weighted by molar-refractivity contribution is -0.153. The van der Waals surface area contributed by atoms with E-state index >= 15 is 0 Å². The third-order valence-electron chi connectivity index (χ3n) is 2.20. The lowest BCUT2D eigenvalue weighted by Crippen LogP contribution is -2.27. The van der Waals surface area contributed by atoms with E-state index in [2.05, 4.69) is 0 Å². The second-order valence-corrected chi connectivity index (χ2v) is 3.54. The van der Waals surface area contributed by atoms with Crippen LogP contribution in [0.2, 0.25) is 0 Å². The van der Waals surface area contributed by atoms with Gasteiger partial charge in [-0.15, -0.1) is 0 Å². The highest BCUT2D eigenvalue weighted by atomic mass is 16.4. The molecule has 2 atom stereocenters. The van der Waals surface area contributed by atoms with Crippen LogP contribution in [-0.4, -0.2) is 38.5 Å². The first kappa shape index (κ1) is 13.1. The number of hydrogen-bond acceptors (Lipinski definition) is 4. The number of aliphatic carboxylic acids is 2. The fraction of sp³-hybridized carbons (Fsp3) is 0.273. The topological polar surface area (TPSA) is 115 Å². The van der Waals surface area contributed by atoms with Crippen LogP contribution >= 0.6 is 0 Å². The number of aliphatic hydroxyl groups is 2. The summed E-state index contributed by atoms with van der Waals surface area (Å²) >= 11 is 0. The molecule has 0 saturated carbocycles. The van der Waals surface area contributed by atoms with Crippen LogP contribution in [0.25, 0.3) is 0 Å². The summed E-state index contributed by atoms with van der Waals surface area (Å²) in [5, 5.41) is 35.8. The van der Waals surface area contributed by atoms with Gasteiger partial charge in [-0.25, -0.2) is 4.79 Å². The minimum atomic E-state index is -1.94. The lowest BCUT2D eigenvalue weighted by atomic mass is 10.0. The fourth-order valence-electron chi connectivity index (χ4n) is 1.38. The lowest BCUT2D eigenvalue weighted by Gasteiger charge is -2.14. The van der Waals surface area contributed by atoms with Crippen molar-refractivity contribution in [1.29, 1.82) is 0 Å². The molecule has 0 amide bonds. The highest BCUT2D eigenvalue weighted by Gasteiger charge is 2.25. The summed E-state index contributed by atoms with van der Waals surface area (Å²) < 4.78 is 0. The number of carbonyl (C=O) groups is 2. The van der Waals surface area contributed by atoms with Gasteiger partial charge >= 0.3 is 11.9 Å². The first-order chi connectivity index (χ1) is 7.91. The Morgan fingerprint density at radius 1 is 1.18 bits per heavy atom. The summed E-state index contributed by atoms with van der Waals surface area (Å²) in [6.45, 7) is 0. The molecule has 1 rings (SSSR count). The fourth-order valence-corrected chi connectivity index (χ4v) is 1.38. The van der Waals surface area contributed by atoms with E-state index in [1.165, 1.54) is 24.3 Å². The Balaban J connectivity index is 2.91. The van der Waals surface area contributed by atoms with Crippen LogP contribution in [0, 0.1) is 0 Å². The van der Waals surface area contributed by atoms with Gasteiger partial charge in [-0.1, -0.05) is 24.3 Å². The van der Waals surface area contributed by atoms with Gasteiger partial charge in [-0.05, 0) is 11.1 Å². The maximum Gasteiger partial charge on any atom is 0.335 e. The van der Waals surface area contributed by atoms with Crippen molar-refractivity contribution in [3.63, 3.8) is 0 Å². The summed E-state index contributed by atoms with van der Waals surface area (Å²) in [5.41, 5.74) is 0.588. The molecule has 0 radical (unpaired) electrons. The van der Waals surface area contributed by atoms with Crippen LogP contribution in [0.3, 0.4) is 0 Å². The Morgan fingerprint density at radius 2 is 1.82 bits per heavy atom. The van der Waals surface area contributed by atoms with Crippen LogP contribution in [0.5, 0.6) is 0 Å². The molecule has 0 aromatic heterocycles. The van der Waals surface area contributed by atoms with Gasteiger partial charge in [0.1, 0.15) is 6.10 Å². The number of aliphatic hydroxyl groups excluding tert-OH is 2. The molecule has 0 aliphatic carbocycles. The van der Waals surface area contributed by atoms with Crippen LogP contribution in [-0.2, 0) is 16.0 Å².